The molecule has 1 N–H and O–H groups in total. The molecule has 0 saturated heterocycles. The van der Waals surface area contributed by atoms with Gasteiger partial charge in [0.1, 0.15) is 18.2 Å². The van der Waals surface area contributed by atoms with Crippen molar-refractivity contribution in [3.63, 3.8) is 0 Å². The van der Waals surface area contributed by atoms with Crippen LogP contribution in [0.3, 0.4) is 0 Å². The van der Waals surface area contributed by atoms with Crippen molar-refractivity contribution in [3.8, 4) is 23.0 Å². The quantitative estimate of drug-likeness (QED) is 0.318. The molecule has 0 aliphatic heterocycles. The monoisotopic (exact) mass is 503 g/mol. The Morgan fingerprint density at radius 2 is 1.65 bits per heavy atom. The summed E-state index contributed by atoms with van der Waals surface area (Å²) in [6, 6.07) is 17.0. The lowest BCUT2D eigenvalue weighted by atomic mass is 10.1. The van der Waals surface area contributed by atoms with E-state index in [4.69, 9.17) is 23.9 Å². The SMILES string of the molecule is COc1cc(C(=O)NC(C)c2nc3ccccc3n2CCOc2cc(C)ccc2C)cc(OC)c1OC. The molecule has 8 nitrogen and oxygen atoms in total. The van der Waals surface area contributed by atoms with Crippen LogP contribution in [0.25, 0.3) is 11.0 Å². The zero-order valence-corrected chi connectivity index (χ0v) is 22.1. The summed E-state index contributed by atoms with van der Waals surface area (Å²) in [6.45, 7) is 7.04. The number of benzene rings is 3. The van der Waals surface area contributed by atoms with Crippen molar-refractivity contribution in [2.45, 2.75) is 33.4 Å². The summed E-state index contributed by atoms with van der Waals surface area (Å²) >= 11 is 0. The van der Waals surface area contributed by atoms with E-state index >= 15 is 0 Å². The molecule has 0 aliphatic carbocycles. The number of para-hydroxylation sites is 2. The first-order chi connectivity index (χ1) is 17.9. The highest BCUT2D eigenvalue weighted by atomic mass is 16.5. The third-order valence-electron chi connectivity index (χ3n) is 6.26. The molecule has 3 aromatic carbocycles. The summed E-state index contributed by atoms with van der Waals surface area (Å²) < 4.78 is 24.4. The number of methoxy groups -OCH3 is 3. The Bertz CT molecular complexity index is 1390. The number of carbonyl (C=O) groups excluding carboxylic acids is 1. The van der Waals surface area contributed by atoms with Crippen LogP contribution in [0, 0.1) is 13.8 Å². The number of amides is 1. The number of ether oxygens (including phenoxy) is 4. The number of nitrogens with one attached hydrogen (secondary N) is 1. The van der Waals surface area contributed by atoms with E-state index in [0.717, 1.165) is 33.7 Å². The summed E-state index contributed by atoms with van der Waals surface area (Å²) in [6.07, 6.45) is 0. The molecule has 0 spiro atoms. The van der Waals surface area contributed by atoms with Gasteiger partial charge in [-0.1, -0.05) is 24.3 Å². The minimum atomic E-state index is -0.375. The van der Waals surface area contributed by atoms with Crippen molar-refractivity contribution < 1.29 is 23.7 Å². The first kappa shape index (κ1) is 25.9. The average Bonchev–Trinajstić information content (AvgIpc) is 3.28. The normalized spacial score (nSPS) is 11.7. The van der Waals surface area contributed by atoms with Gasteiger partial charge in [-0.3, -0.25) is 4.79 Å². The Hall–Kier alpha value is -4.20. The van der Waals surface area contributed by atoms with Crippen LogP contribution >= 0.6 is 0 Å². The third-order valence-corrected chi connectivity index (χ3v) is 6.26. The number of hydrogen-bond acceptors (Lipinski definition) is 6. The molecule has 0 saturated carbocycles. The van der Waals surface area contributed by atoms with E-state index < -0.39 is 0 Å². The second-order valence-corrected chi connectivity index (χ2v) is 8.84. The van der Waals surface area contributed by atoms with Crippen LogP contribution in [-0.4, -0.2) is 43.4 Å². The van der Waals surface area contributed by atoms with E-state index in [2.05, 4.69) is 22.0 Å². The molecule has 37 heavy (non-hydrogen) atoms. The van der Waals surface area contributed by atoms with E-state index in [9.17, 15) is 4.79 Å². The fourth-order valence-corrected chi connectivity index (χ4v) is 4.33. The molecule has 1 aromatic heterocycles. The summed E-state index contributed by atoms with van der Waals surface area (Å²) in [5, 5.41) is 3.06. The van der Waals surface area contributed by atoms with Crippen LogP contribution in [0.1, 0.15) is 40.3 Å². The highest BCUT2D eigenvalue weighted by Crippen LogP contribution is 2.38. The van der Waals surface area contributed by atoms with Gasteiger partial charge in [-0.15, -0.1) is 0 Å². The zero-order valence-electron chi connectivity index (χ0n) is 22.1. The van der Waals surface area contributed by atoms with Gasteiger partial charge in [-0.25, -0.2) is 4.98 Å². The van der Waals surface area contributed by atoms with Gasteiger partial charge < -0.3 is 28.8 Å². The van der Waals surface area contributed by atoms with Gasteiger partial charge in [-0.05, 0) is 62.2 Å². The molecule has 4 aromatic rings. The highest BCUT2D eigenvalue weighted by molar-refractivity contribution is 5.96. The van der Waals surface area contributed by atoms with E-state index in [1.807, 2.05) is 51.1 Å². The van der Waals surface area contributed by atoms with Crippen LogP contribution in [0.4, 0.5) is 0 Å². The molecule has 194 valence electrons. The predicted molar refractivity (Wildman–Crippen MR) is 143 cm³/mol. The molecule has 4 rings (SSSR count). The molecule has 0 aliphatic rings. The lowest BCUT2D eigenvalue weighted by Crippen LogP contribution is -2.29. The second kappa shape index (κ2) is 11.2. The molecule has 8 heteroatoms. The average molecular weight is 504 g/mol. The number of fused-ring (bicyclic) bond motifs is 1. The van der Waals surface area contributed by atoms with Crippen LogP contribution in [0.2, 0.25) is 0 Å². The zero-order chi connectivity index (χ0) is 26.5. The Kier molecular flexibility index (Phi) is 7.86. The number of hydrogen-bond donors (Lipinski definition) is 1. The van der Waals surface area contributed by atoms with Crippen LogP contribution in [-0.2, 0) is 6.54 Å². The van der Waals surface area contributed by atoms with Crippen molar-refractivity contribution in [2.75, 3.05) is 27.9 Å². The first-order valence-electron chi connectivity index (χ1n) is 12.1. The van der Waals surface area contributed by atoms with E-state index in [-0.39, 0.29) is 11.9 Å². The summed E-state index contributed by atoms with van der Waals surface area (Å²) in [4.78, 5) is 18.1. The van der Waals surface area contributed by atoms with Crippen LogP contribution in [0.15, 0.2) is 54.6 Å². The fourth-order valence-electron chi connectivity index (χ4n) is 4.33. The predicted octanol–water partition coefficient (Wildman–Crippen LogP) is 5.25. The smallest absolute Gasteiger partial charge is 0.252 e. The van der Waals surface area contributed by atoms with Crippen molar-refractivity contribution in [2.24, 2.45) is 0 Å². The minimum absolute atomic E-state index is 0.281. The number of aryl methyl sites for hydroxylation is 2. The lowest BCUT2D eigenvalue weighted by molar-refractivity contribution is 0.0936. The number of nitrogens with zero attached hydrogens (tertiary/aromatic N) is 2. The van der Waals surface area contributed by atoms with E-state index in [1.165, 1.54) is 21.3 Å². The van der Waals surface area contributed by atoms with Crippen LogP contribution in [0.5, 0.6) is 23.0 Å². The maximum atomic E-state index is 13.2. The van der Waals surface area contributed by atoms with E-state index in [0.29, 0.717) is 36.0 Å². The lowest BCUT2D eigenvalue weighted by Gasteiger charge is -2.18. The highest BCUT2D eigenvalue weighted by Gasteiger charge is 2.22. The Morgan fingerprint density at radius 3 is 2.32 bits per heavy atom. The first-order valence-corrected chi connectivity index (χ1v) is 12.1. The molecule has 1 amide bonds. The number of rotatable bonds is 10. The van der Waals surface area contributed by atoms with Gasteiger partial charge in [0.05, 0.1) is 44.9 Å². The Labute approximate surface area is 217 Å². The van der Waals surface area contributed by atoms with Gasteiger partial charge >= 0.3 is 0 Å². The van der Waals surface area contributed by atoms with Crippen molar-refractivity contribution in [3.05, 3.63) is 77.1 Å². The topological polar surface area (TPSA) is 83.8 Å². The van der Waals surface area contributed by atoms with Gasteiger partial charge in [0.2, 0.25) is 5.75 Å². The Morgan fingerprint density at radius 1 is 0.946 bits per heavy atom. The molecular formula is C29H33N3O5. The van der Waals surface area contributed by atoms with E-state index in [1.54, 1.807) is 12.1 Å². The fraction of sp³-hybridized carbons (Fsp3) is 0.310. The minimum Gasteiger partial charge on any atom is -0.493 e. The summed E-state index contributed by atoms with van der Waals surface area (Å²) in [5.74, 6) is 2.59. The number of aromatic nitrogens is 2. The standard InChI is InChI=1S/C29H33N3O5/c1-18-11-12-19(2)24(15-18)37-14-13-32-23-10-8-7-9-22(23)31-28(32)20(3)30-29(33)21-16-25(34-4)27(36-6)26(17-21)35-5/h7-12,15-17,20H,13-14H2,1-6H3,(H,30,33). The third kappa shape index (κ3) is 5.48. The molecule has 1 atom stereocenters. The summed E-state index contributed by atoms with van der Waals surface area (Å²) in [7, 11) is 4.56. The number of carbonyl (C=O) groups is 1. The summed E-state index contributed by atoms with van der Waals surface area (Å²) in [5.41, 5.74) is 4.47. The van der Waals surface area contributed by atoms with Crippen molar-refractivity contribution in [1.82, 2.24) is 14.9 Å². The molecule has 0 fully saturated rings. The molecule has 1 heterocycles. The van der Waals surface area contributed by atoms with Crippen molar-refractivity contribution in [1.29, 1.82) is 0 Å². The Balaban J connectivity index is 1.58. The second-order valence-electron chi connectivity index (χ2n) is 8.84. The molecular weight excluding hydrogens is 470 g/mol. The van der Waals surface area contributed by atoms with Crippen molar-refractivity contribution >= 4 is 16.9 Å². The van der Waals surface area contributed by atoms with Gasteiger partial charge in [0.25, 0.3) is 5.91 Å². The van der Waals surface area contributed by atoms with Gasteiger partial charge in [0, 0.05) is 5.56 Å². The van der Waals surface area contributed by atoms with Gasteiger partial charge in [-0.2, -0.15) is 0 Å². The largest absolute Gasteiger partial charge is 0.493 e. The maximum absolute atomic E-state index is 13.2. The molecule has 1 unspecified atom stereocenters. The molecule has 0 radical (unpaired) electrons. The molecule has 0 bridgehead atoms. The van der Waals surface area contributed by atoms with Crippen LogP contribution < -0.4 is 24.3 Å². The van der Waals surface area contributed by atoms with Gasteiger partial charge in [0.15, 0.2) is 11.5 Å². The number of imidazole rings is 1. The maximum Gasteiger partial charge on any atom is 0.252 e.